The smallest absolute Gasteiger partial charge is 0.263 e. The maximum Gasteiger partial charge on any atom is 0.263 e. The Balaban J connectivity index is 1.85. The molecule has 0 radical (unpaired) electrons. The molecule has 1 spiro atoms. The van der Waals surface area contributed by atoms with E-state index in [9.17, 15) is 4.79 Å². The van der Waals surface area contributed by atoms with Gasteiger partial charge in [-0.25, -0.2) is 4.98 Å². The van der Waals surface area contributed by atoms with Crippen LogP contribution in [0.5, 0.6) is 5.75 Å². The van der Waals surface area contributed by atoms with Crippen molar-refractivity contribution in [3.8, 4) is 22.7 Å². The lowest BCUT2D eigenvalue weighted by Gasteiger charge is -2.36. The third-order valence-electron chi connectivity index (χ3n) is 6.71. The summed E-state index contributed by atoms with van der Waals surface area (Å²) in [5, 5.41) is 0.750. The molecule has 1 heterocycles. The van der Waals surface area contributed by atoms with E-state index in [4.69, 9.17) is 9.72 Å². The van der Waals surface area contributed by atoms with Gasteiger partial charge in [-0.1, -0.05) is 67.9 Å². The van der Waals surface area contributed by atoms with Crippen molar-refractivity contribution in [3.63, 3.8) is 0 Å². The Labute approximate surface area is 187 Å². The largest absolute Gasteiger partial charge is 0.495 e. The van der Waals surface area contributed by atoms with Crippen molar-refractivity contribution in [2.45, 2.75) is 56.0 Å². The van der Waals surface area contributed by atoms with Gasteiger partial charge in [0.2, 0.25) is 0 Å². The molecule has 2 aliphatic rings. The maximum atomic E-state index is 14.3. The van der Waals surface area contributed by atoms with Crippen LogP contribution in [0, 0.1) is 0 Å². The first-order valence-corrected chi connectivity index (χ1v) is 12.2. The zero-order chi connectivity index (χ0) is 21.4. The Morgan fingerprint density at radius 3 is 2.61 bits per heavy atom. The molecule has 2 aromatic carbocycles. The number of para-hydroxylation sites is 2. The summed E-state index contributed by atoms with van der Waals surface area (Å²) in [7, 11) is 1.66. The molecule has 0 unspecified atom stereocenters. The number of thioether (sulfide) groups is 1. The highest BCUT2D eigenvalue weighted by Gasteiger charge is 2.44. The minimum Gasteiger partial charge on any atom is -0.495 e. The molecular weight excluding hydrogens is 404 g/mol. The highest BCUT2D eigenvalue weighted by molar-refractivity contribution is 7.99. The Bertz CT molecular complexity index is 1180. The predicted octanol–water partition coefficient (Wildman–Crippen LogP) is 5.78. The van der Waals surface area contributed by atoms with Crippen molar-refractivity contribution in [1.82, 2.24) is 9.55 Å². The van der Waals surface area contributed by atoms with Gasteiger partial charge in [0.1, 0.15) is 5.75 Å². The number of benzene rings is 2. The standard InChI is InChI=1S/C26H28N2O2S/c1-3-16-31-25-27-23-19-11-5-4-10-18(19)17-26(14-8-9-15-26)22(23)24(29)28(25)20-12-6-7-13-21(20)30-2/h4-7,10-13H,3,8-9,14-17H2,1-2H3. The summed E-state index contributed by atoms with van der Waals surface area (Å²) in [4.78, 5) is 19.5. The van der Waals surface area contributed by atoms with Crippen LogP contribution in [0.2, 0.25) is 0 Å². The van der Waals surface area contributed by atoms with Gasteiger partial charge < -0.3 is 4.74 Å². The fraction of sp³-hybridized carbons (Fsp3) is 0.385. The molecule has 1 aromatic heterocycles. The van der Waals surface area contributed by atoms with Gasteiger partial charge in [0, 0.05) is 16.7 Å². The van der Waals surface area contributed by atoms with Crippen LogP contribution in [0.15, 0.2) is 58.5 Å². The molecule has 160 valence electrons. The Kier molecular flexibility index (Phi) is 5.39. The normalized spacial score (nSPS) is 16.2. The predicted molar refractivity (Wildman–Crippen MR) is 127 cm³/mol. The molecule has 0 saturated heterocycles. The van der Waals surface area contributed by atoms with Gasteiger partial charge in [-0.2, -0.15) is 0 Å². The molecule has 1 fully saturated rings. The summed E-state index contributed by atoms with van der Waals surface area (Å²) in [6.45, 7) is 2.15. The number of nitrogens with zero attached hydrogens (tertiary/aromatic N) is 2. The lowest BCUT2D eigenvalue weighted by Crippen LogP contribution is -2.40. The number of rotatable bonds is 5. The topological polar surface area (TPSA) is 44.1 Å². The van der Waals surface area contributed by atoms with Crippen LogP contribution in [-0.2, 0) is 11.8 Å². The van der Waals surface area contributed by atoms with Gasteiger partial charge in [0.05, 0.1) is 24.1 Å². The quantitative estimate of drug-likeness (QED) is 0.379. The number of ether oxygens (including phenoxy) is 1. The van der Waals surface area contributed by atoms with E-state index in [0.29, 0.717) is 5.75 Å². The SMILES string of the molecule is CCCSc1nc2c(c(=O)n1-c1ccccc1OC)C1(CCCC1)Cc1ccccc1-2. The molecule has 5 rings (SSSR count). The molecule has 4 nitrogen and oxygen atoms in total. The van der Waals surface area contributed by atoms with Gasteiger partial charge in [0.15, 0.2) is 5.16 Å². The molecule has 0 aliphatic heterocycles. The van der Waals surface area contributed by atoms with Crippen LogP contribution in [0.1, 0.15) is 50.2 Å². The van der Waals surface area contributed by atoms with E-state index in [2.05, 4.69) is 31.2 Å². The van der Waals surface area contributed by atoms with Crippen LogP contribution in [0.4, 0.5) is 0 Å². The first-order valence-electron chi connectivity index (χ1n) is 11.2. The van der Waals surface area contributed by atoms with Gasteiger partial charge in [-0.3, -0.25) is 9.36 Å². The van der Waals surface area contributed by atoms with Gasteiger partial charge in [-0.15, -0.1) is 0 Å². The molecule has 2 aliphatic carbocycles. The minimum atomic E-state index is -0.106. The molecule has 0 amide bonds. The second-order valence-electron chi connectivity index (χ2n) is 8.60. The summed E-state index contributed by atoms with van der Waals surface area (Å²) < 4.78 is 7.45. The third-order valence-corrected chi connectivity index (χ3v) is 7.85. The van der Waals surface area contributed by atoms with E-state index in [0.717, 1.165) is 59.1 Å². The summed E-state index contributed by atoms with van der Waals surface area (Å²) in [6.07, 6.45) is 6.39. The zero-order valence-corrected chi connectivity index (χ0v) is 19.0. The molecule has 0 bridgehead atoms. The monoisotopic (exact) mass is 432 g/mol. The first-order chi connectivity index (χ1) is 15.2. The summed E-state index contributed by atoms with van der Waals surface area (Å²) >= 11 is 1.65. The summed E-state index contributed by atoms with van der Waals surface area (Å²) in [5.41, 5.74) is 5.00. The first kappa shape index (κ1) is 20.4. The van der Waals surface area contributed by atoms with E-state index in [-0.39, 0.29) is 11.0 Å². The van der Waals surface area contributed by atoms with E-state index in [1.807, 2.05) is 28.8 Å². The second-order valence-corrected chi connectivity index (χ2v) is 9.66. The van der Waals surface area contributed by atoms with Gasteiger partial charge in [0.25, 0.3) is 5.56 Å². The van der Waals surface area contributed by atoms with Crippen molar-refractivity contribution in [1.29, 1.82) is 0 Å². The van der Waals surface area contributed by atoms with E-state index >= 15 is 0 Å². The number of methoxy groups -OCH3 is 1. The third kappa shape index (κ3) is 3.30. The van der Waals surface area contributed by atoms with Crippen LogP contribution in [0.3, 0.4) is 0 Å². The Hall–Kier alpha value is -2.53. The van der Waals surface area contributed by atoms with Crippen molar-refractivity contribution < 1.29 is 4.74 Å². The summed E-state index contributed by atoms with van der Waals surface area (Å²) in [6, 6.07) is 16.3. The van der Waals surface area contributed by atoms with E-state index in [1.54, 1.807) is 18.9 Å². The molecule has 0 N–H and O–H groups in total. The van der Waals surface area contributed by atoms with Crippen LogP contribution < -0.4 is 10.3 Å². The second kappa shape index (κ2) is 8.19. The van der Waals surface area contributed by atoms with E-state index < -0.39 is 0 Å². The fourth-order valence-corrected chi connectivity index (χ4v) is 6.18. The molecular formula is C26H28N2O2S. The number of fused-ring (bicyclic) bond motifs is 4. The molecule has 0 atom stereocenters. The Morgan fingerprint density at radius 1 is 1.10 bits per heavy atom. The minimum absolute atomic E-state index is 0.0736. The lowest BCUT2D eigenvalue weighted by molar-refractivity contribution is 0.407. The van der Waals surface area contributed by atoms with Crippen molar-refractivity contribution >= 4 is 11.8 Å². The van der Waals surface area contributed by atoms with Crippen LogP contribution >= 0.6 is 11.8 Å². The highest BCUT2D eigenvalue weighted by Crippen LogP contribution is 2.50. The zero-order valence-electron chi connectivity index (χ0n) is 18.2. The highest BCUT2D eigenvalue weighted by atomic mass is 32.2. The van der Waals surface area contributed by atoms with Crippen LogP contribution in [-0.4, -0.2) is 22.4 Å². The molecule has 5 heteroatoms. The average Bonchev–Trinajstić information content (AvgIpc) is 3.26. The van der Waals surface area contributed by atoms with Crippen molar-refractivity contribution in [2.24, 2.45) is 0 Å². The van der Waals surface area contributed by atoms with Crippen LogP contribution in [0.25, 0.3) is 16.9 Å². The molecule has 31 heavy (non-hydrogen) atoms. The Morgan fingerprint density at radius 2 is 1.84 bits per heavy atom. The maximum absolute atomic E-state index is 14.3. The van der Waals surface area contributed by atoms with Crippen molar-refractivity contribution in [3.05, 3.63) is 70.0 Å². The van der Waals surface area contributed by atoms with Gasteiger partial charge in [-0.05, 0) is 43.4 Å². The summed E-state index contributed by atoms with van der Waals surface area (Å²) in [5.74, 6) is 1.61. The number of aromatic nitrogens is 2. The van der Waals surface area contributed by atoms with Gasteiger partial charge >= 0.3 is 0 Å². The number of hydrogen-bond donors (Lipinski definition) is 0. The fourth-order valence-electron chi connectivity index (χ4n) is 5.33. The average molecular weight is 433 g/mol. The van der Waals surface area contributed by atoms with Crippen molar-refractivity contribution in [2.75, 3.05) is 12.9 Å². The number of hydrogen-bond acceptors (Lipinski definition) is 4. The molecule has 3 aromatic rings. The van der Waals surface area contributed by atoms with E-state index in [1.165, 1.54) is 18.4 Å². The lowest BCUT2D eigenvalue weighted by atomic mass is 9.68. The molecule has 1 saturated carbocycles.